The summed E-state index contributed by atoms with van der Waals surface area (Å²) < 4.78 is 12.0. The van der Waals surface area contributed by atoms with E-state index in [1.807, 2.05) is 99.3 Å². The van der Waals surface area contributed by atoms with Gasteiger partial charge in [0.25, 0.3) is 0 Å². The molecule has 13 nitrogen and oxygen atoms in total. The first-order valence-corrected chi connectivity index (χ1v) is 21.7. The van der Waals surface area contributed by atoms with Gasteiger partial charge in [0.1, 0.15) is 10.8 Å². The molecule has 4 amide bonds. The number of carbonyl (C=O) groups is 4. The van der Waals surface area contributed by atoms with E-state index in [2.05, 4.69) is 15.6 Å². The number of likely N-dealkylation sites (tertiary alicyclic amines) is 1. The Morgan fingerprint density at radius 2 is 1.66 bits per heavy atom. The van der Waals surface area contributed by atoms with Crippen LogP contribution in [0.3, 0.4) is 0 Å². The van der Waals surface area contributed by atoms with E-state index in [4.69, 9.17) is 9.47 Å². The molecule has 0 saturated carbocycles. The summed E-state index contributed by atoms with van der Waals surface area (Å²) in [5.74, 6) is -1.29. The maximum absolute atomic E-state index is 14.3. The molecule has 0 spiro atoms. The SMILES string of the molecule is CCC(C)C(C(CC(=O)N1CCCC1C(OC)[C@@H](C)C(=O)NC(Cc1ccccc1)c1nccs1)OC)N(C)C(=O)CNC(=O)C(C(C)C)N(C)Cc1ccc(O)cc1. The number of aromatic hydroxyl groups is 1. The minimum absolute atomic E-state index is 0.0243. The fourth-order valence-electron chi connectivity index (χ4n) is 8.48. The van der Waals surface area contributed by atoms with Crippen molar-refractivity contribution in [3.63, 3.8) is 0 Å². The van der Waals surface area contributed by atoms with Crippen LogP contribution in [0.4, 0.5) is 0 Å². The zero-order valence-corrected chi connectivity index (χ0v) is 37.1. The topological polar surface area (TPSA) is 154 Å². The predicted molar refractivity (Wildman–Crippen MR) is 230 cm³/mol. The lowest BCUT2D eigenvalue weighted by Gasteiger charge is -2.39. The third kappa shape index (κ3) is 12.8. The highest BCUT2D eigenvalue weighted by Crippen LogP contribution is 2.30. The van der Waals surface area contributed by atoms with E-state index in [1.165, 1.54) is 11.3 Å². The van der Waals surface area contributed by atoms with E-state index in [1.54, 1.807) is 44.5 Å². The molecular weight excluding hydrogens is 769 g/mol. The number of rotatable bonds is 22. The summed E-state index contributed by atoms with van der Waals surface area (Å²) in [6.07, 6.45) is 3.38. The number of ether oxygens (including phenoxy) is 2. The second-order valence-corrected chi connectivity index (χ2v) is 17.2. The van der Waals surface area contributed by atoms with Crippen LogP contribution in [0.25, 0.3) is 0 Å². The van der Waals surface area contributed by atoms with Crippen LogP contribution in [0, 0.1) is 17.8 Å². The van der Waals surface area contributed by atoms with E-state index in [0.29, 0.717) is 25.9 Å². The number of methoxy groups -OCH3 is 2. The van der Waals surface area contributed by atoms with Crippen molar-refractivity contribution >= 4 is 35.0 Å². The Morgan fingerprint density at radius 1 is 0.966 bits per heavy atom. The van der Waals surface area contributed by atoms with Crippen molar-refractivity contribution in [2.24, 2.45) is 17.8 Å². The molecule has 1 aliphatic heterocycles. The highest BCUT2D eigenvalue weighted by atomic mass is 32.1. The number of carbonyl (C=O) groups excluding carboxylic acids is 4. The highest BCUT2D eigenvalue weighted by Gasteiger charge is 2.42. The lowest BCUT2D eigenvalue weighted by Crippen LogP contribution is -2.55. The fraction of sp³-hybridized carbons (Fsp3) is 0.578. The number of thiazole rings is 1. The quantitative estimate of drug-likeness (QED) is 0.120. The van der Waals surface area contributed by atoms with Crippen LogP contribution >= 0.6 is 11.3 Å². The van der Waals surface area contributed by atoms with Crippen molar-refractivity contribution in [1.29, 1.82) is 0 Å². The molecule has 2 heterocycles. The Bertz CT molecular complexity index is 1760. The standard InChI is InChI=1S/C45H66N6O7S/c1-10-30(4)41(50(7)39(54)27-47-44(56)40(29(2)3)49(6)28-33-18-20-34(52)21-19-33)37(57-8)26-38(53)51-23-14-17-36(51)42(58-9)31(5)43(55)48-35(45-46-22-24-59-45)25-32-15-12-11-13-16-32/h11-13,15-16,18-22,24,29-31,35-37,40-42,52H,10,14,17,23,25-28H2,1-9H3,(H,47,56)(H,48,55)/t30?,31-,35?,36?,37?,40?,41?,42?/m1/s1. The van der Waals surface area contributed by atoms with Gasteiger partial charge in [0.15, 0.2) is 0 Å². The van der Waals surface area contributed by atoms with Crippen LogP contribution in [0.2, 0.25) is 0 Å². The molecule has 3 aromatic rings. The molecular formula is C45H66N6O7S. The molecule has 4 rings (SSSR count). The molecule has 324 valence electrons. The summed E-state index contributed by atoms with van der Waals surface area (Å²) in [4.78, 5) is 65.4. The first kappa shape index (κ1) is 47.3. The first-order valence-electron chi connectivity index (χ1n) is 20.8. The van der Waals surface area contributed by atoms with E-state index < -0.39 is 30.2 Å². The Balaban J connectivity index is 1.41. The third-order valence-electron chi connectivity index (χ3n) is 11.8. The number of amides is 4. The van der Waals surface area contributed by atoms with E-state index in [-0.39, 0.29) is 66.3 Å². The molecule has 0 bridgehead atoms. The van der Waals surface area contributed by atoms with Crippen LogP contribution in [0.15, 0.2) is 66.2 Å². The number of likely N-dealkylation sites (N-methyl/N-ethyl adjacent to an activating group) is 2. The molecule has 8 atom stereocenters. The number of hydrogen-bond donors (Lipinski definition) is 3. The van der Waals surface area contributed by atoms with Crippen LogP contribution in [-0.4, -0.2) is 120 Å². The average Bonchev–Trinajstić information content (AvgIpc) is 3.94. The van der Waals surface area contributed by atoms with Gasteiger partial charge in [-0.3, -0.25) is 24.1 Å². The molecule has 7 unspecified atom stereocenters. The molecule has 1 fully saturated rings. The van der Waals surface area contributed by atoms with Gasteiger partial charge < -0.3 is 35.0 Å². The van der Waals surface area contributed by atoms with Gasteiger partial charge >= 0.3 is 0 Å². The van der Waals surface area contributed by atoms with Gasteiger partial charge in [0.2, 0.25) is 23.6 Å². The normalized spacial score (nSPS) is 17.8. The van der Waals surface area contributed by atoms with Crippen molar-refractivity contribution in [1.82, 2.24) is 30.3 Å². The highest BCUT2D eigenvalue weighted by molar-refractivity contribution is 7.09. The minimum Gasteiger partial charge on any atom is -0.508 e. The summed E-state index contributed by atoms with van der Waals surface area (Å²) in [5, 5.41) is 18.5. The fourth-order valence-corrected chi connectivity index (χ4v) is 9.17. The van der Waals surface area contributed by atoms with Crippen LogP contribution in [0.1, 0.15) is 82.5 Å². The molecule has 3 N–H and O–H groups in total. The first-order chi connectivity index (χ1) is 28.2. The van der Waals surface area contributed by atoms with Crippen molar-refractivity contribution in [3.8, 4) is 5.75 Å². The van der Waals surface area contributed by atoms with Gasteiger partial charge in [-0.1, -0.05) is 83.5 Å². The number of nitrogens with one attached hydrogen (secondary N) is 2. The van der Waals surface area contributed by atoms with Crippen LogP contribution in [-0.2, 0) is 41.6 Å². The van der Waals surface area contributed by atoms with Crippen molar-refractivity contribution < 1.29 is 33.8 Å². The molecule has 59 heavy (non-hydrogen) atoms. The average molecular weight is 835 g/mol. The number of aromatic nitrogens is 1. The number of phenolic OH excluding ortho intramolecular Hbond substituents is 1. The number of nitrogens with zero attached hydrogens (tertiary/aromatic N) is 4. The van der Waals surface area contributed by atoms with Crippen molar-refractivity contribution in [3.05, 3.63) is 82.3 Å². The molecule has 1 aromatic heterocycles. The zero-order chi connectivity index (χ0) is 43.2. The molecule has 1 aliphatic rings. The third-order valence-corrected chi connectivity index (χ3v) is 12.7. The van der Waals surface area contributed by atoms with Gasteiger partial charge in [-0.25, -0.2) is 4.98 Å². The number of benzene rings is 2. The summed E-state index contributed by atoms with van der Waals surface area (Å²) in [7, 11) is 6.72. The van der Waals surface area contributed by atoms with Crippen molar-refractivity contribution in [2.45, 2.75) is 110 Å². The monoisotopic (exact) mass is 834 g/mol. The molecule has 2 aromatic carbocycles. The Kier molecular flexibility index (Phi) is 18.3. The zero-order valence-electron chi connectivity index (χ0n) is 36.3. The van der Waals surface area contributed by atoms with Gasteiger partial charge in [0.05, 0.1) is 55.3 Å². The summed E-state index contributed by atoms with van der Waals surface area (Å²) in [5.41, 5.74) is 2.03. The lowest BCUT2D eigenvalue weighted by atomic mass is 9.90. The van der Waals surface area contributed by atoms with Crippen molar-refractivity contribution in [2.75, 3.05) is 41.4 Å². The van der Waals surface area contributed by atoms with E-state index in [9.17, 15) is 24.3 Å². The van der Waals surface area contributed by atoms with Gasteiger partial charge in [0, 0.05) is 45.9 Å². The maximum atomic E-state index is 14.3. The van der Waals surface area contributed by atoms with Gasteiger partial charge in [-0.15, -0.1) is 11.3 Å². The van der Waals surface area contributed by atoms with E-state index in [0.717, 1.165) is 29.0 Å². The summed E-state index contributed by atoms with van der Waals surface area (Å²) in [6, 6.07) is 15.3. The Labute approximate surface area is 354 Å². The number of hydrogen-bond acceptors (Lipinski definition) is 10. The second-order valence-electron chi connectivity index (χ2n) is 16.3. The second kappa shape index (κ2) is 22.8. The van der Waals surface area contributed by atoms with Crippen LogP contribution in [0.5, 0.6) is 5.75 Å². The number of phenols is 1. The van der Waals surface area contributed by atoms with Gasteiger partial charge in [-0.2, -0.15) is 0 Å². The molecule has 0 radical (unpaired) electrons. The lowest BCUT2D eigenvalue weighted by molar-refractivity contribution is -0.146. The minimum atomic E-state index is -0.623. The molecule has 14 heteroatoms. The summed E-state index contributed by atoms with van der Waals surface area (Å²) >= 11 is 1.50. The Hall–Kier alpha value is -4.37. The largest absolute Gasteiger partial charge is 0.508 e. The Morgan fingerprint density at radius 3 is 2.25 bits per heavy atom. The van der Waals surface area contributed by atoms with E-state index >= 15 is 0 Å². The smallest absolute Gasteiger partial charge is 0.242 e. The molecule has 0 aliphatic carbocycles. The maximum Gasteiger partial charge on any atom is 0.242 e. The summed E-state index contributed by atoms with van der Waals surface area (Å²) in [6.45, 7) is 10.7. The van der Waals surface area contributed by atoms with Gasteiger partial charge in [-0.05, 0) is 61.4 Å². The predicted octanol–water partition coefficient (Wildman–Crippen LogP) is 5.44. The molecule has 1 saturated heterocycles. The van der Waals surface area contributed by atoms with Crippen LogP contribution < -0.4 is 10.6 Å².